The highest BCUT2D eigenvalue weighted by Gasteiger charge is 2.16. The van der Waals surface area contributed by atoms with E-state index in [1.165, 1.54) is 0 Å². The zero-order chi connectivity index (χ0) is 11.3. The average Bonchev–Trinajstić information content (AvgIpc) is 2.21. The molecule has 0 aliphatic rings. The molecule has 0 saturated heterocycles. The molecule has 1 aromatic carbocycles. The van der Waals surface area contributed by atoms with Gasteiger partial charge in [0.05, 0.1) is 21.7 Å². The van der Waals surface area contributed by atoms with Gasteiger partial charge in [0.2, 0.25) is 0 Å². The van der Waals surface area contributed by atoms with Crippen molar-refractivity contribution < 1.29 is 4.74 Å². The fraction of sp³-hybridized carbons (Fsp3) is 0.417. The van der Waals surface area contributed by atoms with Crippen LogP contribution in [0.5, 0.6) is 5.75 Å². The molecule has 15 heavy (non-hydrogen) atoms. The fourth-order valence-electron chi connectivity index (χ4n) is 1.03. The van der Waals surface area contributed by atoms with Gasteiger partial charge in [-0.25, -0.2) is 0 Å². The lowest BCUT2D eigenvalue weighted by molar-refractivity contribution is 0.263. The molecule has 0 spiro atoms. The van der Waals surface area contributed by atoms with Crippen molar-refractivity contribution in [3.8, 4) is 11.8 Å². The van der Waals surface area contributed by atoms with E-state index in [1.807, 2.05) is 38.1 Å². The van der Waals surface area contributed by atoms with Crippen molar-refractivity contribution in [3.63, 3.8) is 0 Å². The molecule has 0 aliphatic carbocycles. The average molecular weight is 315 g/mol. The number of hydrogen-bond donors (Lipinski definition) is 0. The van der Waals surface area contributed by atoms with Crippen LogP contribution in [0.3, 0.4) is 0 Å². The minimum atomic E-state index is -0.305. The molecule has 0 heterocycles. The van der Waals surface area contributed by atoms with Crippen molar-refractivity contribution in [2.45, 2.75) is 20.3 Å². The molecule has 0 bridgehead atoms. The molecule has 80 valence electrons. The van der Waals surface area contributed by atoms with Gasteiger partial charge in [0.15, 0.2) is 0 Å². The highest BCUT2D eigenvalue weighted by Crippen LogP contribution is 2.22. The first-order chi connectivity index (χ1) is 7.05. The second kappa shape index (κ2) is 5.36. The van der Waals surface area contributed by atoms with Crippen LogP contribution in [0.15, 0.2) is 24.3 Å². The van der Waals surface area contributed by atoms with E-state index in [4.69, 9.17) is 10.00 Å². The molecular weight excluding hydrogens is 301 g/mol. The van der Waals surface area contributed by atoms with Crippen LogP contribution in [0.1, 0.15) is 20.3 Å². The Labute approximate surface area is 104 Å². The Morgan fingerprint density at radius 2 is 2.07 bits per heavy atom. The Kier molecular flexibility index (Phi) is 4.40. The Hall–Kier alpha value is -0.760. The summed E-state index contributed by atoms with van der Waals surface area (Å²) in [5, 5.41) is 8.84. The molecule has 0 radical (unpaired) electrons. The number of nitriles is 1. The maximum absolute atomic E-state index is 8.84. The van der Waals surface area contributed by atoms with Crippen molar-refractivity contribution in [2.24, 2.45) is 5.41 Å². The van der Waals surface area contributed by atoms with E-state index in [0.29, 0.717) is 6.61 Å². The molecule has 2 nitrogen and oxygen atoms in total. The van der Waals surface area contributed by atoms with Crippen molar-refractivity contribution in [2.75, 3.05) is 6.61 Å². The number of nitrogens with zero attached hydrogens (tertiary/aromatic N) is 1. The summed E-state index contributed by atoms with van der Waals surface area (Å²) >= 11 is 2.24. The summed E-state index contributed by atoms with van der Waals surface area (Å²) in [6.45, 7) is 4.43. The van der Waals surface area contributed by atoms with Crippen LogP contribution >= 0.6 is 22.6 Å². The predicted octanol–water partition coefficient (Wildman–Crippen LogP) is 3.61. The van der Waals surface area contributed by atoms with E-state index < -0.39 is 0 Å². The van der Waals surface area contributed by atoms with E-state index in [2.05, 4.69) is 28.7 Å². The number of ether oxygens (including phenoxy) is 1. The number of benzene rings is 1. The lowest BCUT2D eigenvalue weighted by Crippen LogP contribution is -2.13. The molecule has 0 fully saturated rings. The normalized spacial score (nSPS) is 10.8. The molecule has 0 amide bonds. The summed E-state index contributed by atoms with van der Waals surface area (Å²) < 4.78 is 6.72. The van der Waals surface area contributed by atoms with E-state index in [0.717, 1.165) is 15.7 Å². The van der Waals surface area contributed by atoms with Crippen LogP contribution in [0.4, 0.5) is 0 Å². The first kappa shape index (κ1) is 12.3. The number of rotatable bonds is 4. The lowest BCUT2D eigenvalue weighted by Gasteiger charge is -2.15. The second-order valence-corrected chi connectivity index (χ2v) is 5.19. The summed E-state index contributed by atoms with van der Waals surface area (Å²) in [5.41, 5.74) is -0.305. The van der Waals surface area contributed by atoms with Gasteiger partial charge in [-0.05, 0) is 55.0 Å². The lowest BCUT2D eigenvalue weighted by atomic mass is 9.92. The topological polar surface area (TPSA) is 33.0 Å². The zero-order valence-electron chi connectivity index (χ0n) is 8.96. The van der Waals surface area contributed by atoms with Gasteiger partial charge >= 0.3 is 0 Å². The predicted molar refractivity (Wildman–Crippen MR) is 68.7 cm³/mol. The van der Waals surface area contributed by atoms with Gasteiger partial charge in [0.1, 0.15) is 5.75 Å². The molecule has 0 aliphatic heterocycles. The number of hydrogen-bond acceptors (Lipinski definition) is 2. The van der Waals surface area contributed by atoms with Gasteiger partial charge in [-0.15, -0.1) is 0 Å². The maximum Gasteiger partial charge on any atom is 0.132 e. The summed E-state index contributed by atoms with van der Waals surface area (Å²) in [7, 11) is 0. The zero-order valence-corrected chi connectivity index (χ0v) is 11.1. The van der Waals surface area contributed by atoms with Crippen molar-refractivity contribution >= 4 is 22.6 Å². The Balaban J connectivity index is 2.46. The van der Waals surface area contributed by atoms with Crippen LogP contribution in [0.25, 0.3) is 0 Å². The Bertz CT molecular complexity index is 368. The smallest absolute Gasteiger partial charge is 0.132 e. The molecule has 0 atom stereocenters. The molecule has 0 saturated carbocycles. The number of halogens is 1. The van der Waals surface area contributed by atoms with E-state index in [1.54, 1.807) is 0 Å². The van der Waals surface area contributed by atoms with Crippen molar-refractivity contribution in [1.29, 1.82) is 5.26 Å². The highest BCUT2D eigenvalue weighted by atomic mass is 127. The summed E-state index contributed by atoms with van der Waals surface area (Å²) in [4.78, 5) is 0. The SMILES string of the molecule is CC(C)(C#N)CCOc1ccccc1I. The third-order valence-corrected chi connectivity index (χ3v) is 3.02. The Morgan fingerprint density at radius 3 is 2.67 bits per heavy atom. The van der Waals surface area contributed by atoms with Crippen LogP contribution in [0.2, 0.25) is 0 Å². The molecule has 0 unspecified atom stereocenters. The van der Waals surface area contributed by atoms with Crippen LogP contribution in [0, 0.1) is 20.3 Å². The van der Waals surface area contributed by atoms with E-state index >= 15 is 0 Å². The third-order valence-electron chi connectivity index (χ3n) is 2.12. The monoisotopic (exact) mass is 315 g/mol. The molecule has 0 aromatic heterocycles. The van der Waals surface area contributed by atoms with Gasteiger partial charge in [0, 0.05) is 0 Å². The quantitative estimate of drug-likeness (QED) is 0.795. The van der Waals surface area contributed by atoms with Gasteiger partial charge in [-0.1, -0.05) is 12.1 Å². The van der Waals surface area contributed by atoms with Gasteiger partial charge in [-0.3, -0.25) is 0 Å². The fourth-order valence-corrected chi connectivity index (χ4v) is 1.58. The minimum absolute atomic E-state index is 0.305. The standard InChI is InChI=1S/C12H14INO/c1-12(2,9-14)7-8-15-11-6-4-3-5-10(11)13/h3-6H,7-8H2,1-2H3. The largest absolute Gasteiger partial charge is 0.492 e. The molecule has 0 N–H and O–H groups in total. The van der Waals surface area contributed by atoms with Gasteiger partial charge in [0.25, 0.3) is 0 Å². The molecule has 1 aromatic rings. The minimum Gasteiger partial charge on any atom is -0.492 e. The van der Waals surface area contributed by atoms with E-state index in [9.17, 15) is 0 Å². The Morgan fingerprint density at radius 1 is 1.40 bits per heavy atom. The first-order valence-corrected chi connectivity index (χ1v) is 5.92. The highest BCUT2D eigenvalue weighted by molar-refractivity contribution is 14.1. The molecule has 1 rings (SSSR count). The summed E-state index contributed by atoms with van der Waals surface area (Å²) in [6, 6.07) is 10.1. The van der Waals surface area contributed by atoms with E-state index in [-0.39, 0.29) is 5.41 Å². The summed E-state index contributed by atoms with van der Waals surface area (Å²) in [5.74, 6) is 0.895. The molecular formula is C12H14INO. The second-order valence-electron chi connectivity index (χ2n) is 4.02. The first-order valence-electron chi connectivity index (χ1n) is 4.84. The number of para-hydroxylation sites is 1. The van der Waals surface area contributed by atoms with Crippen molar-refractivity contribution in [3.05, 3.63) is 27.8 Å². The van der Waals surface area contributed by atoms with Gasteiger partial charge < -0.3 is 4.74 Å². The van der Waals surface area contributed by atoms with Crippen molar-refractivity contribution in [1.82, 2.24) is 0 Å². The maximum atomic E-state index is 8.84. The van der Waals surface area contributed by atoms with Crippen LogP contribution < -0.4 is 4.74 Å². The van der Waals surface area contributed by atoms with Crippen LogP contribution in [-0.2, 0) is 0 Å². The summed E-state index contributed by atoms with van der Waals surface area (Å²) in [6.07, 6.45) is 0.745. The van der Waals surface area contributed by atoms with Gasteiger partial charge in [-0.2, -0.15) is 5.26 Å². The van der Waals surface area contributed by atoms with Crippen LogP contribution in [-0.4, -0.2) is 6.61 Å². The molecule has 3 heteroatoms. The third kappa shape index (κ3) is 4.08.